The zero-order chi connectivity index (χ0) is 8.81. The second kappa shape index (κ2) is 5.72. The van der Waals surface area contributed by atoms with E-state index in [9.17, 15) is 4.79 Å². The summed E-state index contributed by atoms with van der Waals surface area (Å²) >= 11 is 3.66. The average molecular weight is 207 g/mol. The van der Waals surface area contributed by atoms with Gasteiger partial charge in [0, 0.05) is 11.8 Å². The van der Waals surface area contributed by atoms with E-state index < -0.39 is 5.97 Å². The first kappa shape index (κ1) is 10.2. The van der Waals surface area contributed by atoms with Crippen LogP contribution in [0.25, 0.3) is 0 Å². The lowest BCUT2D eigenvalue weighted by Gasteiger charge is -2.21. The fraction of sp³-hybridized carbons (Fsp3) is 0.857. The highest BCUT2D eigenvalue weighted by Crippen LogP contribution is 2.16. The molecular formula is C7H13NO2S2. The smallest absolute Gasteiger partial charge is 0.317 e. The van der Waals surface area contributed by atoms with E-state index in [1.165, 1.54) is 6.42 Å². The molecule has 1 heterocycles. The van der Waals surface area contributed by atoms with Gasteiger partial charge in [0.2, 0.25) is 0 Å². The predicted octanol–water partition coefficient (Wildman–Crippen LogP) is 1.16. The van der Waals surface area contributed by atoms with Crippen LogP contribution < -0.4 is 0 Å². The van der Waals surface area contributed by atoms with Crippen LogP contribution in [0.15, 0.2) is 0 Å². The molecule has 0 aromatic rings. The van der Waals surface area contributed by atoms with Gasteiger partial charge in [-0.1, -0.05) is 0 Å². The normalized spacial score (nSPS) is 21.3. The number of carbonyl (C=O) groups is 1. The lowest BCUT2D eigenvalue weighted by atomic mass is 10.6. The Morgan fingerprint density at radius 3 is 2.42 bits per heavy atom. The minimum absolute atomic E-state index is 0.181. The lowest BCUT2D eigenvalue weighted by molar-refractivity contribution is -0.137. The van der Waals surface area contributed by atoms with Crippen molar-refractivity contribution in [3.8, 4) is 0 Å². The summed E-state index contributed by atoms with van der Waals surface area (Å²) in [5.74, 6) is 3.31. The van der Waals surface area contributed by atoms with Crippen molar-refractivity contribution in [2.75, 3.05) is 29.8 Å². The van der Waals surface area contributed by atoms with E-state index in [-0.39, 0.29) is 6.54 Å². The zero-order valence-corrected chi connectivity index (χ0v) is 8.49. The van der Waals surface area contributed by atoms with Crippen LogP contribution >= 0.6 is 23.5 Å². The van der Waals surface area contributed by atoms with Crippen LogP contribution in [-0.2, 0) is 4.79 Å². The van der Waals surface area contributed by atoms with Crippen molar-refractivity contribution in [3.63, 3.8) is 0 Å². The molecule has 1 aliphatic rings. The Balaban J connectivity index is 2.24. The summed E-state index contributed by atoms with van der Waals surface area (Å²) in [7, 11) is 0. The Bertz CT molecular complexity index is 146. The van der Waals surface area contributed by atoms with Crippen molar-refractivity contribution >= 4 is 29.5 Å². The summed E-state index contributed by atoms with van der Waals surface area (Å²) in [6.45, 7) is 0.181. The third-order valence-electron chi connectivity index (χ3n) is 1.48. The number of carboxylic acid groups (broad SMARTS) is 1. The molecule has 1 aliphatic heterocycles. The van der Waals surface area contributed by atoms with Crippen LogP contribution in [-0.4, -0.2) is 45.8 Å². The number of hydrogen-bond acceptors (Lipinski definition) is 4. The summed E-state index contributed by atoms with van der Waals surface area (Å²) in [5, 5.41) is 8.57. The van der Waals surface area contributed by atoms with Crippen LogP contribution in [0.4, 0.5) is 0 Å². The van der Waals surface area contributed by atoms with Crippen molar-refractivity contribution in [3.05, 3.63) is 0 Å². The molecule has 0 amide bonds. The number of rotatable bonds is 2. The van der Waals surface area contributed by atoms with Crippen LogP contribution in [0.1, 0.15) is 6.42 Å². The van der Waals surface area contributed by atoms with Crippen molar-refractivity contribution in [2.24, 2.45) is 0 Å². The molecular weight excluding hydrogens is 194 g/mol. The first-order valence-corrected chi connectivity index (χ1v) is 6.19. The van der Waals surface area contributed by atoms with Gasteiger partial charge >= 0.3 is 5.97 Å². The Morgan fingerprint density at radius 2 is 1.92 bits per heavy atom. The van der Waals surface area contributed by atoms with E-state index in [2.05, 4.69) is 0 Å². The predicted molar refractivity (Wildman–Crippen MR) is 53.6 cm³/mol. The SMILES string of the molecule is O=C(O)CN1CSCCCSC1. The molecule has 3 nitrogen and oxygen atoms in total. The van der Waals surface area contributed by atoms with E-state index in [1.54, 1.807) is 0 Å². The maximum Gasteiger partial charge on any atom is 0.317 e. The summed E-state index contributed by atoms with van der Waals surface area (Å²) in [6, 6.07) is 0. The second-order valence-electron chi connectivity index (χ2n) is 2.65. The van der Waals surface area contributed by atoms with E-state index in [0.29, 0.717) is 0 Å². The molecule has 0 unspecified atom stereocenters. The summed E-state index contributed by atoms with van der Waals surface area (Å²) in [5.41, 5.74) is 0. The van der Waals surface area contributed by atoms with E-state index >= 15 is 0 Å². The summed E-state index contributed by atoms with van der Waals surface area (Å²) in [6.07, 6.45) is 1.25. The number of carboxylic acids is 1. The number of nitrogens with zero attached hydrogens (tertiary/aromatic N) is 1. The third kappa shape index (κ3) is 4.23. The van der Waals surface area contributed by atoms with Gasteiger partial charge in [-0.15, -0.1) is 23.5 Å². The van der Waals surface area contributed by atoms with Gasteiger partial charge in [0.25, 0.3) is 0 Å². The van der Waals surface area contributed by atoms with Crippen molar-refractivity contribution < 1.29 is 9.90 Å². The number of hydrogen-bond donors (Lipinski definition) is 1. The Morgan fingerprint density at radius 1 is 1.33 bits per heavy atom. The molecule has 1 saturated heterocycles. The highest BCUT2D eigenvalue weighted by atomic mass is 32.2. The monoisotopic (exact) mass is 207 g/mol. The summed E-state index contributed by atoms with van der Waals surface area (Å²) in [4.78, 5) is 12.4. The van der Waals surface area contributed by atoms with Crippen molar-refractivity contribution in [1.29, 1.82) is 0 Å². The standard InChI is InChI=1S/C7H13NO2S2/c9-7(10)4-8-5-11-2-1-3-12-6-8/h1-6H2,(H,9,10). The fourth-order valence-corrected chi connectivity index (χ4v) is 3.11. The molecule has 0 aliphatic carbocycles. The summed E-state index contributed by atoms with van der Waals surface area (Å²) < 4.78 is 0. The molecule has 70 valence electrons. The molecule has 1 N–H and O–H groups in total. The maximum absolute atomic E-state index is 10.4. The van der Waals surface area contributed by atoms with Crippen LogP contribution in [0.3, 0.4) is 0 Å². The molecule has 5 heteroatoms. The van der Waals surface area contributed by atoms with Gasteiger partial charge in [-0.25, -0.2) is 0 Å². The number of aliphatic carboxylic acids is 1. The molecule has 0 radical (unpaired) electrons. The molecule has 0 spiro atoms. The van der Waals surface area contributed by atoms with Gasteiger partial charge in [0.15, 0.2) is 0 Å². The molecule has 12 heavy (non-hydrogen) atoms. The van der Waals surface area contributed by atoms with Gasteiger partial charge < -0.3 is 5.11 Å². The average Bonchev–Trinajstić information content (AvgIpc) is 1.93. The zero-order valence-electron chi connectivity index (χ0n) is 6.86. The highest BCUT2D eigenvalue weighted by Gasteiger charge is 2.11. The van der Waals surface area contributed by atoms with Gasteiger partial charge in [0.05, 0.1) is 6.54 Å². The molecule has 0 atom stereocenters. The molecule has 0 saturated carbocycles. The van der Waals surface area contributed by atoms with Crippen LogP contribution in [0.5, 0.6) is 0 Å². The molecule has 0 aromatic carbocycles. The van der Waals surface area contributed by atoms with Gasteiger partial charge in [-0.2, -0.15) is 0 Å². The van der Waals surface area contributed by atoms with Crippen molar-refractivity contribution in [2.45, 2.75) is 6.42 Å². The Hall–Kier alpha value is 0.130. The minimum atomic E-state index is -0.725. The van der Waals surface area contributed by atoms with Crippen LogP contribution in [0.2, 0.25) is 0 Å². The molecule has 0 bridgehead atoms. The Labute approximate surface area is 80.9 Å². The quantitative estimate of drug-likeness (QED) is 0.736. The van der Waals surface area contributed by atoms with Gasteiger partial charge in [-0.05, 0) is 17.9 Å². The van der Waals surface area contributed by atoms with E-state index in [1.807, 2.05) is 28.4 Å². The molecule has 0 aromatic heterocycles. The topological polar surface area (TPSA) is 40.5 Å². The first-order chi connectivity index (χ1) is 5.79. The first-order valence-electron chi connectivity index (χ1n) is 3.88. The highest BCUT2D eigenvalue weighted by molar-refractivity contribution is 8.00. The van der Waals surface area contributed by atoms with Gasteiger partial charge in [-0.3, -0.25) is 9.69 Å². The molecule has 1 fully saturated rings. The Kier molecular flexibility index (Phi) is 4.87. The largest absolute Gasteiger partial charge is 0.480 e. The third-order valence-corrected chi connectivity index (χ3v) is 3.73. The van der Waals surface area contributed by atoms with Crippen molar-refractivity contribution in [1.82, 2.24) is 4.90 Å². The van der Waals surface area contributed by atoms with E-state index in [4.69, 9.17) is 5.11 Å². The van der Waals surface area contributed by atoms with Gasteiger partial charge in [0.1, 0.15) is 0 Å². The fourth-order valence-electron chi connectivity index (χ4n) is 0.970. The molecule has 1 rings (SSSR count). The van der Waals surface area contributed by atoms with Crippen LogP contribution in [0, 0.1) is 0 Å². The maximum atomic E-state index is 10.4. The number of thioether (sulfide) groups is 2. The lowest BCUT2D eigenvalue weighted by Crippen LogP contribution is -2.30. The minimum Gasteiger partial charge on any atom is -0.480 e. The second-order valence-corrected chi connectivity index (χ2v) is 4.80. The van der Waals surface area contributed by atoms with E-state index in [0.717, 1.165) is 23.3 Å².